The van der Waals surface area contributed by atoms with Gasteiger partial charge in [-0.1, -0.05) is 75.4 Å². The van der Waals surface area contributed by atoms with Gasteiger partial charge in [0, 0.05) is 6.54 Å². The van der Waals surface area contributed by atoms with Crippen molar-refractivity contribution in [3.8, 4) is 0 Å². The molecule has 7 heteroatoms. The number of alkyl carbamates (subject to hydrolysis) is 1. The Balaban J connectivity index is 1.67. The Morgan fingerprint density at radius 2 is 1.82 bits per heavy atom. The van der Waals surface area contributed by atoms with Crippen molar-refractivity contribution in [2.45, 2.75) is 77.4 Å². The lowest BCUT2D eigenvalue weighted by Crippen LogP contribution is -2.31. The summed E-state index contributed by atoms with van der Waals surface area (Å²) < 4.78 is 5.13. The number of allylic oxidation sites excluding steroid dienone is 2. The fraction of sp³-hybridized carbons (Fsp3) is 0.500. The standard InChI is InChI=1S/C26H36N2O5/c1-2-3-4-5-6-7-8-12-17-22(29)23-24(30)21(28-25(23)31)16-13-18-27-26(32)33-19-20-14-10-9-11-15-20/h9-12,14-15,17,21,29H,2-8,13,16,18-19H2,1H3,(H,27,32)(H,28,31)/b17-12+,23-22+. The van der Waals surface area contributed by atoms with Crippen LogP contribution in [0.5, 0.6) is 0 Å². The molecule has 2 rings (SSSR count). The van der Waals surface area contributed by atoms with Gasteiger partial charge in [0.25, 0.3) is 5.91 Å². The Labute approximate surface area is 196 Å². The number of aliphatic hydroxyl groups is 1. The first-order valence-electron chi connectivity index (χ1n) is 11.9. The summed E-state index contributed by atoms with van der Waals surface area (Å²) >= 11 is 0. The largest absolute Gasteiger partial charge is 0.507 e. The van der Waals surface area contributed by atoms with Gasteiger partial charge >= 0.3 is 6.09 Å². The highest BCUT2D eigenvalue weighted by molar-refractivity contribution is 6.27. The van der Waals surface area contributed by atoms with E-state index >= 15 is 0 Å². The van der Waals surface area contributed by atoms with E-state index < -0.39 is 23.8 Å². The average Bonchev–Trinajstić information content (AvgIpc) is 3.10. The first kappa shape index (κ1) is 26.2. The third-order valence-corrected chi connectivity index (χ3v) is 5.50. The van der Waals surface area contributed by atoms with Gasteiger partial charge in [-0.15, -0.1) is 0 Å². The lowest BCUT2D eigenvalue weighted by Gasteiger charge is -2.09. The zero-order chi connectivity index (χ0) is 23.9. The molecule has 0 aromatic heterocycles. The summed E-state index contributed by atoms with van der Waals surface area (Å²) in [6, 6.07) is 8.67. The van der Waals surface area contributed by atoms with Crippen LogP contribution in [0.2, 0.25) is 0 Å². The molecule has 180 valence electrons. The number of hydrogen-bond donors (Lipinski definition) is 3. The SMILES string of the molecule is CCCCCCCC/C=C/C(O)=C1\C(=O)NC(CCCNC(=O)OCc2ccccc2)C1=O. The van der Waals surface area contributed by atoms with Crippen LogP contribution in [0.15, 0.2) is 53.8 Å². The van der Waals surface area contributed by atoms with Crippen LogP contribution in [0.4, 0.5) is 4.79 Å². The molecule has 1 heterocycles. The average molecular weight is 457 g/mol. The Hall–Kier alpha value is -3.09. The lowest BCUT2D eigenvalue weighted by atomic mass is 10.0. The minimum Gasteiger partial charge on any atom is -0.507 e. The Bertz CT molecular complexity index is 832. The molecule has 1 aliphatic heterocycles. The van der Waals surface area contributed by atoms with E-state index in [9.17, 15) is 19.5 Å². The van der Waals surface area contributed by atoms with Crippen LogP contribution in [0.3, 0.4) is 0 Å². The molecule has 7 nitrogen and oxygen atoms in total. The van der Waals surface area contributed by atoms with E-state index in [-0.39, 0.29) is 17.9 Å². The molecule has 0 spiro atoms. The lowest BCUT2D eigenvalue weighted by molar-refractivity contribution is -0.117. The van der Waals surface area contributed by atoms with Gasteiger partial charge in [-0.25, -0.2) is 4.79 Å². The topological polar surface area (TPSA) is 105 Å². The van der Waals surface area contributed by atoms with Gasteiger partial charge in [-0.3, -0.25) is 9.59 Å². The van der Waals surface area contributed by atoms with Crippen LogP contribution in [0.25, 0.3) is 0 Å². The van der Waals surface area contributed by atoms with E-state index in [4.69, 9.17) is 4.74 Å². The predicted octanol–water partition coefficient (Wildman–Crippen LogP) is 4.88. The first-order valence-corrected chi connectivity index (χ1v) is 11.9. The van der Waals surface area contributed by atoms with Crippen molar-refractivity contribution in [1.82, 2.24) is 10.6 Å². The predicted molar refractivity (Wildman–Crippen MR) is 128 cm³/mol. The second-order valence-corrected chi connectivity index (χ2v) is 8.24. The summed E-state index contributed by atoms with van der Waals surface area (Å²) in [6.45, 7) is 2.69. The van der Waals surface area contributed by atoms with Gasteiger partial charge in [-0.05, 0) is 37.3 Å². The number of ketones is 1. The van der Waals surface area contributed by atoms with Crippen molar-refractivity contribution in [2.24, 2.45) is 0 Å². The van der Waals surface area contributed by atoms with Gasteiger partial charge in [0.05, 0.1) is 6.04 Å². The molecular weight excluding hydrogens is 420 g/mol. The molecular formula is C26H36N2O5. The smallest absolute Gasteiger partial charge is 0.407 e. The normalized spacial score (nSPS) is 17.3. The summed E-state index contributed by atoms with van der Waals surface area (Å²) in [5.41, 5.74) is 0.710. The molecule has 3 N–H and O–H groups in total. The number of Topliss-reactive ketones (excluding diaryl/α,β-unsaturated/α-hetero) is 1. The van der Waals surface area contributed by atoms with Crippen molar-refractivity contribution in [3.05, 3.63) is 59.4 Å². The number of benzene rings is 1. The van der Waals surface area contributed by atoms with Gasteiger partial charge in [0.15, 0.2) is 5.78 Å². The molecule has 33 heavy (non-hydrogen) atoms. The van der Waals surface area contributed by atoms with E-state index in [1.54, 1.807) is 6.08 Å². The number of amides is 2. The molecule has 1 aromatic carbocycles. The maximum Gasteiger partial charge on any atom is 0.407 e. The van der Waals surface area contributed by atoms with Crippen LogP contribution in [-0.2, 0) is 20.9 Å². The van der Waals surface area contributed by atoms with Crippen molar-refractivity contribution in [2.75, 3.05) is 6.54 Å². The Kier molecular flexibility index (Phi) is 11.8. The van der Waals surface area contributed by atoms with Crippen molar-refractivity contribution in [1.29, 1.82) is 0 Å². The van der Waals surface area contributed by atoms with Crippen LogP contribution < -0.4 is 10.6 Å². The van der Waals surface area contributed by atoms with Crippen LogP contribution in [0, 0.1) is 0 Å². The second kappa shape index (κ2) is 14.9. The van der Waals surface area contributed by atoms with E-state index in [2.05, 4.69) is 17.6 Å². The number of rotatable bonds is 14. The molecule has 1 fully saturated rings. The number of carbonyl (C=O) groups is 3. The molecule has 1 saturated heterocycles. The van der Waals surface area contributed by atoms with E-state index in [1.807, 2.05) is 30.3 Å². The maximum absolute atomic E-state index is 12.5. The molecule has 1 atom stereocenters. The third kappa shape index (κ3) is 9.51. The number of ether oxygens (including phenoxy) is 1. The fourth-order valence-electron chi connectivity index (χ4n) is 3.62. The summed E-state index contributed by atoms with van der Waals surface area (Å²) in [4.78, 5) is 36.5. The van der Waals surface area contributed by atoms with Gasteiger partial charge in [0.2, 0.25) is 0 Å². The minimum atomic E-state index is -0.691. The van der Waals surface area contributed by atoms with Crippen LogP contribution >= 0.6 is 0 Å². The molecule has 1 unspecified atom stereocenters. The highest BCUT2D eigenvalue weighted by atomic mass is 16.5. The Morgan fingerprint density at radius 3 is 2.58 bits per heavy atom. The zero-order valence-corrected chi connectivity index (χ0v) is 19.5. The monoisotopic (exact) mass is 456 g/mol. The third-order valence-electron chi connectivity index (χ3n) is 5.50. The van der Waals surface area contributed by atoms with E-state index in [0.29, 0.717) is 19.4 Å². The highest BCUT2D eigenvalue weighted by Gasteiger charge is 2.37. The number of aliphatic hydroxyl groups excluding tert-OH is 1. The van der Waals surface area contributed by atoms with Gasteiger partial charge < -0.3 is 20.5 Å². The van der Waals surface area contributed by atoms with Gasteiger partial charge in [-0.2, -0.15) is 0 Å². The number of carbonyl (C=O) groups excluding carboxylic acids is 3. The highest BCUT2D eigenvalue weighted by Crippen LogP contribution is 2.18. The molecule has 2 amide bonds. The zero-order valence-electron chi connectivity index (χ0n) is 19.5. The quantitative estimate of drug-likeness (QED) is 0.160. The summed E-state index contributed by atoms with van der Waals surface area (Å²) in [5.74, 6) is -1.25. The Morgan fingerprint density at radius 1 is 1.09 bits per heavy atom. The van der Waals surface area contributed by atoms with Crippen molar-refractivity contribution < 1.29 is 24.2 Å². The van der Waals surface area contributed by atoms with Crippen LogP contribution in [0.1, 0.15) is 70.3 Å². The minimum absolute atomic E-state index is 0.184. The maximum atomic E-state index is 12.5. The number of hydrogen-bond acceptors (Lipinski definition) is 5. The number of unbranched alkanes of at least 4 members (excludes halogenated alkanes) is 6. The molecule has 1 aromatic rings. The van der Waals surface area contributed by atoms with Crippen molar-refractivity contribution >= 4 is 17.8 Å². The second-order valence-electron chi connectivity index (χ2n) is 8.24. The molecule has 0 saturated carbocycles. The van der Waals surface area contributed by atoms with E-state index in [1.165, 1.54) is 31.8 Å². The first-order chi connectivity index (χ1) is 16.0. The summed E-state index contributed by atoms with van der Waals surface area (Å²) in [6.07, 6.45) is 11.5. The molecule has 1 aliphatic rings. The molecule has 0 radical (unpaired) electrons. The number of nitrogens with one attached hydrogen (secondary N) is 2. The van der Waals surface area contributed by atoms with Gasteiger partial charge in [0.1, 0.15) is 17.9 Å². The van der Waals surface area contributed by atoms with E-state index in [0.717, 1.165) is 24.8 Å². The van der Waals surface area contributed by atoms with Crippen molar-refractivity contribution in [3.63, 3.8) is 0 Å². The summed E-state index contributed by atoms with van der Waals surface area (Å²) in [7, 11) is 0. The summed E-state index contributed by atoms with van der Waals surface area (Å²) in [5, 5.41) is 15.5. The molecule has 0 bridgehead atoms. The van der Waals surface area contributed by atoms with Crippen LogP contribution in [-0.4, -0.2) is 35.5 Å². The fourth-order valence-corrected chi connectivity index (χ4v) is 3.62. The molecule has 0 aliphatic carbocycles.